The Hall–Kier alpha value is -0.380. The SMILES string of the molecule is CC(C)(C)OC(=O)NC1CCCC(S)C1. The average molecular weight is 231 g/mol. The fraction of sp³-hybridized carbons (Fsp3) is 0.909. The van der Waals surface area contributed by atoms with Crippen LogP contribution in [0.15, 0.2) is 0 Å². The van der Waals surface area contributed by atoms with Gasteiger partial charge < -0.3 is 10.1 Å². The Bertz CT molecular complexity index is 225. The maximum Gasteiger partial charge on any atom is 0.407 e. The van der Waals surface area contributed by atoms with Gasteiger partial charge in [0.15, 0.2) is 0 Å². The maximum atomic E-state index is 11.5. The van der Waals surface area contributed by atoms with Gasteiger partial charge in [-0.15, -0.1) is 0 Å². The minimum atomic E-state index is -0.418. The first-order chi connectivity index (χ1) is 6.87. The van der Waals surface area contributed by atoms with Crippen molar-refractivity contribution in [3.8, 4) is 0 Å². The quantitative estimate of drug-likeness (QED) is 0.681. The van der Waals surface area contributed by atoms with Crippen molar-refractivity contribution < 1.29 is 9.53 Å². The van der Waals surface area contributed by atoms with Crippen LogP contribution in [0.5, 0.6) is 0 Å². The van der Waals surface area contributed by atoms with Crippen LogP contribution < -0.4 is 5.32 Å². The molecule has 0 saturated heterocycles. The molecular weight excluding hydrogens is 210 g/mol. The van der Waals surface area contributed by atoms with E-state index in [1.807, 2.05) is 20.8 Å². The van der Waals surface area contributed by atoms with E-state index in [0.29, 0.717) is 5.25 Å². The topological polar surface area (TPSA) is 38.3 Å². The van der Waals surface area contributed by atoms with Crippen LogP contribution in [0, 0.1) is 0 Å². The molecule has 2 atom stereocenters. The van der Waals surface area contributed by atoms with Crippen LogP contribution in [0.1, 0.15) is 46.5 Å². The molecule has 88 valence electrons. The number of hydrogen-bond acceptors (Lipinski definition) is 3. The Morgan fingerprint density at radius 2 is 2.07 bits per heavy atom. The lowest BCUT2D eigenvalue weighted by atomic mass is 9.95. The van der Waals surface area contributed by atoms with Gasteiger partial charge in [-0.25, -0.2) is 4.79 Å². The minimum absolute atomic E-state index is 0.232. The van der Waals surface area contributed by atoms with Gasteiger partial charge in [0.2, 0.25) is 0 Å². The third-order valence-electron chi connectivity index (χ3n) is 2.37. The van der Waals surface area contributed by atoms with Crippen molar-refractivity contribution in [2.24, 2.45) is 0 Å². The van der Waals surface area contributed by atoms with E-state index in [0.717, 1.165) is 25.7 Å². The smallest absolute Gasteiger partial charge is 0.407 e. The van der Waals surface area contributed by atoms with E-state index >= 15 is 0 Å². The molecule has 0 aromatic heterocycles. The summed E-state index contributed by atoms with van der Waals surface area (Å²) >= 11 is 4.44. The maximum absolute atomic E-state index is 11.5. The highest BCUT2D eigenvalue weighted by Crippen LogP contribution is 2.22. The van der Waals surface area contributed by atoms with E-state index in [4.69, 9.17) is 4.74 Å². The highest BCUT2D eigenvalue weighted by atomic mass is 32.1. The van der Waals surface area contributed by atoms with Crippen molar-refractivity contribution in [3.63, 3.8) is 0 Å². The number of thiol groups is 1. The Balaban J connectivity index is 2.31. The number of hydrogen-bond donors (Lipinski definition) is 2. The minimum Gasteiger partial charge on any atom is -0.444 e. The second-order valence-corrected chi connectivity index (χ2v) is 5.89. The van der Waals surface area contributed by atoms with E-state index < -0.39 is 5.60 Å². The zero-order valence-electron chi connectivity index (χ0n) is 9.75. The van der Waals surface area contributed by atoms with E-state index in [9.17, 15) is 4.79 Å². The zero-order chi connectivity index (χ0) is 11.5. The zero-order valence-corrected chi connectivity index (χ0v) is 10.6. The molecule has 1 rings (SSSR count). The predicted octanol–water partition coefficient (Wildman–Crippen LogP) is 2.75. The molecule has 0 heterocycles. The molecule has 2 unspecified atom stereocenters. The van der Waals surface area contributed by atoms with Crippen LogP contribution in [-0.4, -0.2) is 23.0 Å². The van der Waals surface area contributed by atoms with E-state index in [1.54, 1.807) is 0 Å². The first-order valence-electron chi connectivity index (χ1n) is 5.54. The predicted molar refractivity (Wildman–Crippen MR) is 64.4 cm³/mol. The van der Waals surface area contributed by atoms with E-state index in [2.05, 4.69) is 17.9 Å². The lowest BCUT2D eigenvalue weighted by Crippen LogP contribution is -2.41. The summed E-state index contributed by atoms with van der Waals surface area (Å²) in [6.07, 6.45) is 3.96. The van der Waals surface area contributed by atoms with E-state index in [1.165, 1.54) is 0 Å². The summed E-state index contributed by atoms with van der Waals surface area (Å²) in [6.45, 7) is 5.61. The summed E-state index contributed by atoms with van der Waals surface area (Å²) in [7, 11) is 0. The first-order valence-corrected chi connectivity index (χ1v) is 6.06. The number of alkyl carbamates (subject to hydrolysis) is 1. The summed E-state index contributed by atoms with van der Waals surface area (Å²) in [5.74, 6) is 0. The van der Waals surface area contributed by atoms with Gasteiger partial charge in [-0.05, 0) is 40.0 Å². The van der Waals surface area contributed by atoms with Crippen LogP contribution in [0.4, 0.5) is 4.79 Å². The lowest BCUT2D eigenvalue weighted by Gasteiger charge is -2.28. The first kappa shape index (κ1) is 12.7. The molecule has 0 radical (unpaired) electrons. The van der Waals surface area contributed by atoms with Crippen molar-refractivity contribution in [2.45, 2.75) is 63.3 Å². The van der Waals surface area contributed by atoms with Gasteiger partial charge in [0.1, 0.15) is 5.60 Å². The monoisotopic (exact) mass is 231 g/mol. The highest BCUT2D eigenvalue weighted by molar-refractivity contribution is 7.80. The van der Waals surface area contributed by atoms with Crippen molar-refractivity contribution in [1.82, 2.24) is 5.32 Å². The second kappa shape index (κ2) is 5.10. The molecule has 1 N–H and O–H groups in total. The van der Waals surface area contributed by atoms with Gasteiger partial charge in [-0.2, -0.15) is 12.6 Å². The number of carbonyl (C=O) groups excluding carboxylic acids is 1. The molecule has 15 heavy (non-hydrogen) atoms. The molecule has 0 spiro atoms. The standard InChI is InChI=1S/C11H21NO2S/c1-11(2,3)14-10(13)12-8-5-4-6-9(15)7-8/h8-9,15H,4-7H2,1-3H3,(H,12,13). The highest BCUT2D eigenvalue weighted by Gasteiger charge is 2.23. The Labute approximate surface area is 97.4 Å². The van der Waals surface area contributed by atoms with Gasteiger partial charge >= 0.3 is 6.09 Å². The molecule has 0 aromatic carbocycles. The van der Waals surface area contributed by atoms with Gasteiger partial charge in [0.05, 0.1) is 0 Å². The van der Waals surface area contributed by atoms with Crippen molar-refractivity contribution in [3.05, 3.63) is 0 Å². The number of ether oxygens (including phenoxy) is 1. The number of amides is 1. The normalized spacial score (nSPS) is 27.2. The molecule has 3 nitrogen and oxygen atoms in total. The molecule has 0 aliphatic heterocycles. The Kier molecular flexibility index (Phi) is 4.32. The number of carbonyl (C=O) groups is 1. The largest absolute Gasteiger partial charge is 0.444 e. The fourth-order valence-corrected chi connectivity index (χ4v) is 2.21. The summed E-state index contributed by atoms with van der Waals surface area (Å²) in [5, 5.41) is 3.31. The molecule has 1 aliphatic rings. The Morgan fingerprint density at radius 1 is 1.40 bits per heavy atom. The summed E-state index contributed by atoms with van der Waals surface area (Å²) in [6, 6.07) is 0.232. The van der Waals surface area contributed by atoms with Crippen molar-refractivity contribution >= 4 is 18.7 Å². The molecular formula is C11H21NO2S. The number of nitrogens with one attached hydrogen (secondary N) is 1. The molecule has 1 saturated carbocycles. The van der Waals surface area contributed by atoms with Crippen LogP contribution in [0.2, 0.25) is 0 Å². The molecule has 1 fully saturated rings. The summed E-state index contributed by atoms with van der Waals surface area (Å²) in [4.78, 5) is 11.5. The lowest BCUT2D eigenvalue weighted by molar-refractivity contribution is 0.0494. The van der Waals surface area contributed by atoms with Crippen LogP contribution in [-0.2, 0) is 4.74 Å². The van der Waals surface area contributed by atoms with Gasteiger partial charge in [-0.1, -0.05) is 6.42 Å². The van der Waals surface area contributed by atoms with Crippen molar-refractivity contribution in [1.29, 1.82) is 0 Å². The third kappa shape index (κ3) is 5.30. The molecule has 1 aliphatic carbocycles. The van der Waals surface area contributed by atoms with Gasteiger partial charge in [0.25, 0.3) is 0 Å². The Morgan fingerprint density at radius 3 is 2.60 bits per heavy atom. The molecule has 4 heteroatoms. The summed E-state index contributed by atoms with van der Waals surface area (Å²) < 4.78 is 5.20. The number of rotatable bonds is 1. The van der Waals surface area contributed by atoms with Crippen LogP contribution in [0.3, 0.4) is 0 Å². The molecule has 1 amide bonds. The second-order valence-electron chi connectivity index (χ2n) is 5.16. The third-order valence-corrected chi connectivity index (χ3v) is 2.84. The fourth-order valence-electron chi connectivity index (χ4n) is 1.77. The van der Waals surface area contributed by atoms with Crippen LogP contribution in [0.25, 0.3) is 0 Å². The molecule has 0 aromatic rings. The average Bonchev–Trinajstić information content (AvgIpc) is 1.99. The van der Waals surface area contributed by atoms with Crippen LogP contribution >= 0.6 is 12.6 Å². The molecule has 0 bridgehead atoms. The van der Waals surface area contributed by atoms with Crippen molar-refractivity contribution in [2.75, 3.05) is 0 Å². The summed E-state index contributed by atoms with van der Waals surface area (Å²) in [5.41, 5.74) is -0.418. The van der Waals surface area contributed by atoms with Gasteiger partial charge in [-0.3, -0.25) is 0 Å². The van der Waals surface area contributed by atoms with E-state index in [-0.39, 0.29) is 12.1 Å². The van der Waals surface area contributed by atoms with Gasteiger partial charge in [0, 0.05) is 11.3 Å².